The largest absolute Gasteiger partial charge is 0.368 e. The summed E-state index contributed by atoms with van der Waals surface area (Å²) in [6.07, 6.45) is 2.94. The van der Waals surface area contributed by atoms with Gasteiger partial charge in [0.2, 0.25) is 9.84 Å². The lowest BCUT2D eigenvalue weighted by atomic mass is 10.0. The van der Waals surface area contributed by atoms with Crippen LogP contribution < -0.4 is 4.90 Å². The van der Waals surface area contributed by atoms with Crippen LogP contribution in [0.4, 0.5) is 14.5 Å². The summed E-state index contributed by atoms with van der Waals surface area (Å²) < 4.78 is 53.3. The second kappa shape index (κ2) is 8.81. The quantitative estimate of drug-likeness (QED) is 0.681. The average Bonchev–Trinajstić information content (AvgIpc) is 3.13. The molecular formula is C22H27ClF2N2O2S. The molecule has 164 valence electrons. The van der Waals surface area contributed by atoms with Gasteiger partial charge >= 0.3 is 0 Å². The summed E-state index contributed by atoms with van der Waals surface area (Å²) in [6.45, 7) is 7.43. The number of anilines is 1. The molecule has 1 fully saturated rings. The van der Waals surface area contributed by atoms with Crippen LogP contribution in [0.2, 0.25) is 0 Å². The van der Waals surface area contributed by atoms with Gasteiger partial charge in [-0.05, 0) is 75.1 Å². The number of likely N-dealkylation sites (tertiary alicyclic amines) is 1. The van der Waals surface area contributed by atoms with E-state index in [0.29, 0.717) is 12.1 Å². The lowest BCUT2D eigenvalue weighted by Crippen LogP contribution is -2.46. The lowest BCUT2D eigenvalue weighted by Gasteiger charge is -2.39. The zero-order chi connectivity index (χ0) is 20.8. The minimum Gasteiger partial charge on any atom is -0.368 e. The molecule has 0 saturated carbocycles. The Labute approximate surface area is 183 Å². The smallest absolute Gasteiger partial charge is 0.209 e. The first kappa shape index (κ1) is 23.0. The maximum absolute atomic E-state index is 14.1. The van der Waals surface area contributed by atoms with Crippen molar-refractivity contribution < 1.29 is 17.2 Å². The van der Waals surface area contributed by atoms with Crippen molar-refractivity contribution in [3.63, 3.8) is 0 Å². The van der Waals surface area contributed by atoms with Crippen molar-refractivity contribution in [2.75, 3.05) is 24.5 Å². The topological polar surface area (TPSA) is 40.6 Å². The molecule has 0 bridgehead atoms. The van der Waals surface area contributed by atoms with Gasteiger partial charge in [0.25, 0.3) is 0 Å². The average molecular weight is 457 g/mol. The van der Waals surface area contributed by atoms with E-state index >= 15 is 0 Å². The second-order valence-corrected chi connectivity index (χ2v) is 10.1. The number of rotatable bonds is 4. The Bertz CT molecular complexity index is 1020. The molecule has 4 rings (SSSR count). The summed E-state index contributed by atoms with van der Waals surface area (Å²) in [5, 5.41) is 0. The van der Waals surface area contributed by atoms with Gasteiger partial charge in [-0.1, -0.05) is 0 Å². The van der Waals surface area contributed by atoms with Crippen molar-refractivity contribution >= 4 is 27.9 Å². The molecule has 1 saturated heterocycles. The van der Waals surface area contributed by atoms with Crippen molar-refractivity contribution in [2.45, 2.75) is 55.0 Å². The predicted octanol–water partition coefficient (Wildman–Crippen LogP) is 4.45. The van der Waals surface area contributed by atoms with Crippen LogP contribution in [0.3, 0.4) is 0 Å². The van der Waals surface area contributed by atoms with Crippen LogP contribution in [0.25, 0.3) is 0 Å². The third-order valence-corrected chi connectivity index (χ3v) is 7.91. The highest BCUT2D eigenvalue weighted by molar-refractivity contribution is 7.91. The third kappa shape index (κ3) is 4.20. The second-order valence-electron chi connectivity index (χ2n) is 8.17. The molecule has 30 heavy (non-hydrogen) atoms. The highest BCUT2D eigenvalue weighted by atomic mass is 35.5. The van der Waals surface area contributed by atoms with Gasteiger partial charge < -0.3 is 9.80 Å². The van der Waals surface area contributed by atoms with Gasteiger partial charge in [-0.25, -0.2) is 17.2 Å². The number of hydrogen-bond donors (Lipinski definition) is 0. The number of halogens is 3. The first-order valence-electron chi connectivity index (χ1n) is 10.1. The molecule has 0 unspecified atom stereocenters. The molecule has 2 aromatic carbocycles. The van der Waals surface area contributed by atoms with E-state index in [-0.39, 0.29) is 17.3 Å². The van der Waals surface area contributed by atoms with E-state index in [1.807, 2.05) is 6.07 Å². The highest BCUT2D eigenvalue weighted by Gasteiger charge is 2.31. The summed E-state index contributed by atoms with van der Waals surface area (Å²) in [5.41, 5.74) is 2.01. The molecule has 2 aliphatic heterocycles. The minimum atomic E-state index is -4.11. The Balaban J connectivity index is 0.00000256. The van der Waals surface area contributed by atoms with Crippen LogP contribution in [-0.4, -0.2) is 45.0 Å². The Hall–Kier alpha value is -1.70. The van der Waals surface area contributed by atoms with Crippen molar-refractivity contribution in [3.8, 4) is 0 Å². The number of sulfone groups is 1. The minimum absolute atomic E-state index is 0. The monoisotopic (exact) mass is 456 g/mol. The standard InChI is InChI=1S/C22H26F2N2O2S.ClH/c1-15(2)25-10-8-18(9-11-25)26-12-7-16-13-19(4-6-21(16)26)29(27,28)22-14-17(23)3-5-20(22)24;/h3-6,13-15,18H,7-12H2,1-2H3;1H. The first-order chi connectivity index (χ1) is 13.8. The van der Waals surface area contributed by atoms with Gasteiger partial charge in [0.15, 0.2) is 0 Å². The molecule has 2 aliphatic rings. The van der Waals surface area contributed by atoms with Crippen LogP contribution in [0.5, 0.6) is 0 Å². The molecule has 4 nitrogen and oxygen atoms in total. The third-order valence-electron chi connectivity index (χ3n) is 6.15. The van der Waals surface area contributed by atoms with E-state index in [4.69, 9.17) is 0 Å². The molecule has 0 atom stereocenters. The molecule has 0 radical (unpaired) electrons. The van der Waals surface area contributed by atoms with Gasteiger partial charge in [-0.2, -0.15) is 0 Å². The van der Waals surface area contributed by atoms with E-state index in [1.165, 1.54) is 6.07 Å². The van der Waals surface area contributed by atoms with Gasteiger partial charge in [0.1, 0.15) is 16.5 Å². The molecule has 2 aromatic rings. The SMILES string of the molecule is CC(C)N1CCC(N2CCc3cc(S(=O)(=O)c4cc(F)ccc4F)ccc32)CC1.Cl. The summed E-state index contributed by atoms with van der Waals surface area (Å²) in [6, 6.07) is 8.47. The molecule has 0 N–H and O–H groups in total. The molecule has 0 aromatic heterocycles. The number of benzene rings is 2. The molecule has 0 spiro atoms. The van der Waals surface area contributed by atoms with E-state index in [0.717, 1.165) is 68.3 Å². The van der Waals surface area contributed by atoms with Crippen LogP contribution in [0, 0.1) is 11.6 Å². The summed E-state index contributed by atoms with van der Waals surface area (Å²) in [4.78, 5) is 4.26. The number of hydrogen-bond acceptors (Lipinski definition) is 4. The van der Waals surface area contributed by atoms with Gasteiger partial charge in [0.05, 0.1) is 4.90 Å². The van der Waals surface area contributed by atoms with Crippen LogP contribution in [0.1, 0.15) is 32.3 Å². The number of nitrogens with zero attached hydrogens (tertiary/aromatic N) is 2. The summed E-state index contributed by atoms with van der Waals surface area (Å²) in [5.74, 6) is -1.71. The normalized spacial score (nSPS) is 17.8. The van der Waals surface area contributed by atoms with Crippen molar-refractivity contribution in [2.24, 2.45) is 0 Å². The fourth-order valence-corrected chi connectivity index (χ4v) is 5.87. The van der Waals surface area contributed by atoms with E-state index in [9.17, 15) is 17.2 Å². The van der Waals surface area contributed by atoms with Crippen molar-refractivity contribution in [1.29, 1.82) is 0 Å². The molecule has 2 heterocycles. The maximum Gasteiger partial charge on any atom is 0.209 e. The van der Waals surface area contributed by atoms with Crippen LogP contribution in [-0.2, 0) is 16.3 Å². The number of piperidine rings is 1. The summed E-state index contributed by atoms with van der Waals surface area (Å²) >= 11 is 0. The number of fused-ring (bicyclic) bond motifs is 1. The van der Waals surface area contributed by atoms with Crippen LogP contribution in [0.15, 0.2) is 46.2 Å². The zero-order valence-corrected chi connectivity index (χ0v) is 18.8. The Morgan fingerprint density at radius 3 is 2.37 bits per heavy atom. The van der Waals surface area contributed by atoms with Gasteiger partial charge in [-0.15, -0.1) is 12.4 Å². The fraction of sp³-hybridized carbons (Fsp3) is 0.455. The zero-order valence-electron chi connectivity index (χ0n) is 17.1. The van der Waals surface area contributed by atoms with Crippen LogP contribution >= 0.6 is 12.4 Å². The molecule has 0 aliphatic carbocycles. The predicted molar refractivity (Wildman–Crippen MR) is 116 cm³/mol. The van der Waals surface area contributed by atoms with Crippen molar-refractivity contribution in [1.82, 2.24) is 4.90 Å². The molecular weight excluding hydrogens is 430 g/mol. The van der Waals surface area contributed by atoms with Gasteiger partial charge in [0, 0.05) is 37.4 Å². The Morgan fingerprint density at radius 2 is 1.70 bits per heavy atom. The molecule has 0 amide bonds. The van der Waals surface area contributed by atoms with Crippen molar-refractivity contribution in [3.05, 3.63) is 53.6 Å². The molecule has 8 heteroatoms. The van der Waals surface area contributed by atoms with Gasteiger partial charge in [-0.3, -0.25) is 0 Å². The highest BCUT2D eigenvalue weighted by Crippen LogP contribution is 2.36. The van der Waals surface area contributed by atoms with E-state index in [2.05, 4.69) is 23.6 Å². The first-order valence-corrected chi connectivity index (χ1v) is 11.6. The summed E-state index contributed by atoms with van der Waals surface area (Å²) in [7, 11) is -4.11. The van der Waals surface area contributed by atoms with E-state index < -0.39 is 26.4 Å². The maximum atomic E-state index is 14.1. The Morgan fingerprint density at radius 1 is 1.00 bits per heavy atom. The Kier molecular flexibility index (Phi) is 6.75. The van der Waals surface area contributed by atoms with E-state index in [1.54, 1.807) is 6.07 Å². The lowest BCUT2D eigenvalue weighted by molar-refractivity contribution is 0.170. The fourth-order valence-electron chi connectivity index (χ4n) is 4.47.